The van der Waals surface area contributed by atoms with Crippen molar-refractivity contribution in [2.75, 3.05) is 11.5 Å². The molecule has 4 nitrogen and oxygen atoms in total. The highest BCUT2D eigenvalue weighted by atomic mass is 14.7. The maximum Gasteiger partial charge on any atom is 0.101 e. The Balaban J connectivity index is 4.01. The van der Waals surface area contributed by atoms with Crippen molar-refractivity contribution in [3.63, 3.8) is 0 Å². The molecular formula is C10H8N4. The lowest BCUT2D eigenvalue weighted by Gasteiger charge is -2.04. The Morgan fingerprint density at radius 1 is 0.857 bits per heavy atom. The number of rotatable bonds is 0. The highest BCUT2D eigenvalue weighted by molar-refractivity contribution is 5.72. The molecule has 0 radical (unpaired) electrons. The van der Waals surface area contributed by atoms with E-state index in [2.05, 4.69) is 13.2 Å². The summed E-state index contributed by atoms with van der Waals surface area (Å²) < 4.78 is 0. The Kier molecular flexibility index (Phi) is 2.14. The number of nitrogen functional groups attached to an aromatic ring is 2. The van der Waals surface area contributed by atoms with E-state index in [0.29, 0.717) is 0 Å². The summed E-state index contributed by atoms with van der Waals surface area (Å²) in [6, 6.07) is 3.73. The fourth-order valence-corrected chi connectivity index (χ4v) is 1.14. The molecule has 1 aromatic carbocycles. The van der Waals surface area contributed by atoms with E-state index < -0.39 is 0 Å². The molecule has 0 aliphatic carbocycles. The second-order valence-corrected chi connectivity index (χ2v) is 2.76. The van der Waals surface area contributed by atoms with Crippen LogP contribution in [-0.4, -0.2) is 0 Å². The summed E-state index contributed by atoms with van der Waals surface area (Å²) in [5, 5.41) is 18.2. The minimum atomic E-state index is 0.143. The quantitative estimate of drug-likeness (QED) is 0.526. The van der Waals surface area contributed by atoms with Crippen LogP contribution in [0.5, 0.6) is 0 Å². The van der Waals surface area contributed by atoms with Gasteiger partial charge in [-0.15, -0.1) is 0 Å². The van der Waals surface area contributed by atoms with Gasteiger partial charge in [-0.2, -0.15) is 10.5 Å². The van der Waals surface area contributed by atoms with Crippen molar-refractivity contribution >= 4 is 24.5 Å². The number of benzene rings is 1. The van der Waals surface area contributed by atoms with Gasteiger partial charge in [0.2, 0.25) is 0 Å². The summed E-state index contributed by atoms with van der Waals surface area (Å²) in [5.41, 5.74) is 11.9. The third-order valence-corrected chi connectivity index (χ3v) is 2.02. The van der Waals surface area contributed by atoms with Crippen LogP contribution in [0.2, 0.25) is 0 Å². The zero-order valence-corrected chi connectivity index (χ0v) is 7.46. The van der Waals surface area contributed by atoms with Crippen molar-refractivity contribution in [3.8, 4) is 12.1 Å². The van der Waals surface area contributed by atoms with E-state index in [1.165, 1.54) is 0 Å². The van der Waals surface area contributed by atoms with Crippen LogP contribution in [0, 0.1) is 22.7 Å². The van der Waals surface area contributed by atoms with Gasteiger partial charge in [-0.1, -0.05) is 13.2 Å². The lowest BCUT2D eigenvalue weighted by atomic mass is 10.0. The number of anilines is 2. The van der Waals surface area contributed by atoms with Crippen molar-refractivity contribution in [1.82, 2.24) is 0 Å². The molecule has 0 aliphatic heterocycles. The molecule has 4 N–H and O–H groups in total. The Morgan fingerprint density at radius 3 is 1.36 bits per heavy atom. The van der Waals surface area contributed by atoms with E-state index in [1.54, 1.807) is 0 Å². The minimum Gasteiger partial charge on any atom is -0.397 e. The summed E-state index contributed by atoms with van der Waals surface area (Å²) in [7, 11) is 0. The minimum absolute atomic E-state index is 0.143. The second kappa shape index (κ2) is 3.12. The van der Waals surface area contributed by atoms with E-state index in [0.717, 1.165) is 0 Å². The first-order valence-electron chi connectivity index (χ1n) is 3.73. The molecule has 1 rings (SSSR count). The van der Waals surface area contributed by atoms with Crippen molar-refractivity contribution in [2.24, 2.45) is 0 Å². The number of hydrogen-bond donors (Lipinski definition) is 2. The third kappa shape index (κ3) is 1.07. The van der Waals surface area contributed by atoms with Crippen LogP contribution in [0.3, 0.4) is 0 Å². The maximum atomic E-state index is 8.80. The highest BCUT2D eigenvalue weighted by Crippen LogP contribution is 2.07. The molecule has 0 amide bonds. The average molecular weight is 184 g/mol. The third-order valence-electron chi connectivity index (χ3n) is 2.02. The lowest BCUT2D eigenvalue weighted by Crippen LogP contribution is -2.25. The highest BCUT2D eigenvalue weighted by Gasteiger charge is 2.10. The normalized spacial score (nSPS) is 9.00. The number of nitrogens with two attached hydrogens (primary N) is 2. The number of nitriles is 2. The average Bonchev–Trinajstić information content (AvgIpc) is 2.20. The van der Waals surface area contributed by atoms with Crippen LogP contribution < -0.4 is 21.9 Å². The molecule has 1 aromatic rings. The molecule has 0 saturated carbocycles. The standard InChI is InChI=1S/C10H8N4/c1-5-7(3-11)8(4-12)6(2)10(14)9(5)13/h1-2,13-14H2. The molecule has 0 aromatic heterocycles. The van der Waals surface area contributed by atoms with Gasteiger partial charge in [0.15, 0.2) is 0 Å². The van der Waals surface area contributed by atoms with E-state index >= 15 is 0 Å². The van der Waals surface area contributed by atoms with Gasteiger partial charge in [-0.25, -0.2) is 0 Å². The maximum absolute atomic E-state index is 8.80. The van der Waals surface area contributed by atoms with Gasteiger partial charge < -0.3 is 11.5 Å². The Morgan fingerprint density at radius 2 is 1.14 bits per heavy atom. The van der Waals surface area contributed by atoms with E-state index in [4.69, 9.17) is 22.0 Å². The molecule has 0 fully saturated rings. The monoisotopic (exact) mass is 184 g/mol. The van der Waals surface area contributed by atoms with Crippen molar-refractivity contribution in [3.05, 3.63) is 21.6 Å². The SMILES string of the molecule is C=c1c(N)c(N)c(=C)c(C#N)c1C#N. The summed E-state index contributed by atoms with van der Waals surface area (Å²) >= 11 is 0. The van der Waals surface area contributed by atoms with E-state index in [9.17, 15) is 0 Å². The van der Waals surface area contributed by atoms with Crippen molar-refractivity contribution in [2.45, 2.75) is 0 Å². The first-order valence-corrected chi connectivity index (χ1v) is 3.73. The lowest BCUT2D eigenvalue weighted by molar-refractivity contribution is 1.38. The topological polar surface area (TPSA) is 99.6 Å². The Labute approximate surface area is 81.0 Å². The first kappa shape index (κ1) is 9.63. The molecule has 4 heteroatoms. The van der Waals surface area contributed by atoms with Gasteiger partial charge in [-0.3, -0.25) is 0 Å². The molecular weight excluding hydrogens is 176 g/mol. The molecule has 0 aliphatic rings. The molecule has 0 atom stereocenters. The zero-order valence-electron chi connectivity index (χ0n) is 7.46. The van der Waals surface area contributed by atoms with Gasteiger partial charge >= 0.3 is 0 Å². The van der Waals surface area contributed by atoms with Crippen LogP contribution in [0.15, 0.2) is 0 Å². The summed E-state index contributed by atoms with van der Waals surface area (Å²) in [4.78, 5) is 0. The zero-order chi connectivity index (χ0) is 10.9. The summed E-state index contributed by atoms with van der Waals surface area (Å²) in [5.74, 6) is 0. The van der Waals surface area contributed by atoms with Crippen LogP contribution in [-0.2, 0) is 0 Å². The molecule has 0 spiro atoms. The summed E-state index contributed by atoms with van der Waals surface area (Å²) in [6.07, 6.45) is 0. The Bertz CT molecular complexity index is 519. The number of hydrogen-bond acceptors (Lipinski definition) is 4. The van der Waals surface area contributed by atoms with Gasteiger partial charge in [0.25, 0.3) is 0 Å². The molecule has 14 heavy (non-hydrogen) atoms. The van der Waals surface area contributed by atoms with Crippen LogP contribution in [0.25, 0.3) is 13.2 Å². The van der Waals surface area contributed by atoms with E-state index in [-0.39, 0.29) is 32.9 Å². The van der Waals surface area contributed by atoms with Crippen molar-refractivity contribution < 1.29 is 0 Å². The number of nitrogens with zero attached hydrogens (tertiary/aromatic N) is 2. The predicted molar refractivity (Wildman–Crippen MR) is 55.0 cm³/mol. The fourth-order valence-electron chi connectivity index (χ4n) is 1.14. The molecule has 0 heterocycles. The van der Waals surface area contributed by atoms with Crippen LogP contribution in [0.1, 0.15) is 11.1 Å². The molecule has 0 unspecified atom stereocenters. The first-order chi connectivity index (χ1) is 6.54. The Hall–Kier alpha value is -2.46. The van der Waals surface area contributed by atoms with Crippen molar-refractivity contribution in [1.29, 1.82) is 10.5 Å². The van der Waals surface area contributed by atoms with Gasteiger partial charge in [0.05, 0.1) is 22.5 Å². The van der Waals surface area contributed by atoms with Gasteiger partial charge in [0, 0.05) is 10.4 Å². The smallest absolute Gasteiger partial charge is 0.101 e. The van der Waals surface area contributed by atoms with E-state index in [1.807, 2.05) is 12.1 Å². The second-order valence-electron chi connectivity index (χ2n) is 2.76. The largest absolute Gasteiger partial charge is 0.397 e. The van der Waals surface area contributed by atoms with Gasteiger partial charge in [-0.05, 0) is 0 Å². The fraction of sp³-hybridized carbons (Fsp3) is 0. The van der Waals surface area contributed by atoms with Crippen LogP contribution >= 0.6 is 0 Å². The molecule has 0 bridgehead atoms. The molecule has 68 valence electrons. The van der Waals surface area contributed by atoms with Crippen LogP contribution in [0.4, 0.5) is 11.4 Å². The van der Waals surface area contributed by atoms with Gasteiger partial charge in [0.1, 0.15) is 12.1 Å². The summed E-state index contributed by atoms with van der Waals surface area (Å²) in [6.45, 7) is 7.19. The molecule has 0 saturated heterocycles. The predicted octanol–water partition coefficient (Wildman–Crippen LogP) is -0.585.